The number of rotatable bonds is 6. The van der Waals surface area contributed by atoms with Crippen molar-refractivity contribution in [3.8, 4) is 5.75 Å². The summed E-state index contributed by atoms with van der Waals surface area (Å²) in [6.45, 7) is 2.76. The standard InChI is InChI=1S/C19H22N2O4S/c1-2-25-16-9-6-8-15(14-16)20-19(22)18-12-7-13-21(18)26(23,24)17-10-4-3-5-11-17/h3-6,8-11,14,18H,2,7,12-13H2,1H3,(H,20,22). The van der Waals surface area contributed by atoms with Crippen LogP contribution in [0.4, 0.5) is 5.69 Å². The van der Waals surface area contributed by atoms with Crippen molar-refractivity contribution in [1.29, 1.82) is 0 Å². The average molecular weight is 374 g/mol. The monoisotopic (exact) mass is 374 g/mol. The summed E-state index contributed by atoms with van der Waals surface area (Å²) in [5.74, 6) is 0.334. The summed E-state index contributed by atoms with van der Waals surface area (Å²) in [4.78, 5) is 12.9. The van der Waals surface area contributed by atoms with E-state index >= 15 is 0 Å². The number of nitrogens with one attached hydrogen (secondary N) is 1. The third-order valence-electron chi connectivity index (χ3n) is 4.27. The van der Waals surface area contributed by atoms with E-state index in [2.05, 4.69) is 5.32 Å². The zero-order valence-electron chi connectivity index (χ0n) is 14.6. The molecule has 1 fully saturated rings. The smallest absolute Gasteiger partial charge is 0.243 e. The van der Waals surface area contributed by atoms with Crippen LogP contribution in [-0.2, 0) is 14.8 Å². The number of nitrogens with zero attached hydrogens (tertiary/aromatic N) is 1. The second kappa shape index (κ2) is 7.88. The van der Waals surface area contributed by atoms with Crippen LogP contribution >= 0.6 is 0 Å². The summed E-state index contributed by atoms with van der Waals surface area (Å²) in [6, 6.07) is 14.6. The normalized spacial score (nSPS) is 17.8. The van der Waals surface area contributed by atoms with Gasteiger partial charge in [0.05, 0.1) is 11.5 Å². The molecule has 138 valence electrons. The Morgan fingerprint density at radius 1 is 1.19 bits per heavy atom. The molecular weight excluding hydrogens is 352 g/mol. The van der Waals surface area contributed by atoms with Crippen molar-refractivity contribution in [2.24, 2.45) is 0 Å². The first kappa shape index (κ1) is 18.4. The van der Waals surface area contributed by atoms with Gasteiger partial charge in [-0.25, -0.2) is 8.42 Å². The summed E-state index contributed by atoms with van der Waals surface area (Å²) >= 11 is 0. The Hall–Kier alpha value is -2.38. The van der Waals surface area contributed by atoms with Gasteiger partial charge in [-0.05, 0) is 44.0 Å². The number of benzene rings is 2. The van der Waals surface area contributed by atoms with Gasteiger partial charge in [0.25, 0.3) is 0 Å². The molecule has 1 saturated heterocycles. The molecule has 1 heterocycles. The number of carbonyl (C=O) groups excluding carboxylic acids is 1. The number of sulfonamides is 1. The van der Waals surface area contributed by atoms with E-state index in [4.69, 9.17) is 4.74 Å². The maximum Gasteiger partial charge on any atom is 0.243 e. The molecule has 26 heavy (non-hydrogen) atoms. The molecule has 0 radical (unpaired) electrons. The van der Waals surface area contributed by atoms with Gasteiger partial charge in [0, 0.05) is 18.3 Å². The molecule has 0 aromatic heterocycles. The van der Waals surface area contributed by atoms with Crippen LogP contribution < -0.4 is 10.1 Å². The van der Waals surface area contributed by atoms with E-state index in [1.165, 1.54) is 4.31 Å². The van der Waals surface area contributed by atoms with Crippen molar-refractivity contribution in [1.82, 2.24) is 4.31 Å². The van der Waals surface area contributed by atoms with E-state index in [-0.39, 0.29) is 10.8 Å². The van der Waals surface area contributed by atoms with E-state index in [0.717, 1.165) is 0 Å². The lowest BCUT2D eigenvalue weighted by molar-refractivity contribution is -0.119. The third-order valence-corrected chi connectivity index (χ3v) is 6.19. The first-order valence-electron chi connectivity index (χ1n) is 8.63. The summed E-state index contributed by atoms with van der Waals surface area (Å²) < 4.78 is 32.5. The van der Waals surface area contributed by atoms with Crippen molar-refractivity contribution in [3.63, 3.8) is 0 Å². The fourth-order valence-electron chi connectivity index (χ4n) is 3.07. The third kappa shape index (κ3) is 3.89. The highest BCUT2D eigenvalue weighted by Crippen LogP contribution is 2.27. The highest BCUT2D eigenvalue weighted by Gasteiger charge is 2.39. The zero-order chi connectivity index (χ0) is 18.6. The molecule has 1 unspecified atom stereocenters. The Kier molecular flexibility index (Phi) is 5.58. The Morgan fingerprint density at radius 2 is 1.96 bits per heavy atom. The van der Waals surface area contributed by atoms with Crippen molar-refractivity contribution < 1.29 is 17.9 Å². The Bertz CT molecular complexity index is 868. The van der Waals surface area contributed by atoms with Gasteiger partial charge < -0.3 is 10.1 Å². The minimum atomic E-state index is -3.69. The first-order chi connectivity index (χ1) is 12.5. The zero-order valence-corrected chi connectivity index (χ0v) is 15.4. The number of hydrogen-bond donors (Lipinski definition) is 1. The van der Waals surface area contributed by atoms with Crippen molar-refractivity contribution in [3.05, 3.63) is 54.6 Å². The number of ether oxygens (including phenoxy) is 1. The maximum atomic E-state index is 12.9. The SMILES string of the molecule is CCOc1cccc(NC(=O)C2CCCN2S(=O)(=O)c2ccccc2)c1. The molecule has 1 amide bonds. The van der Waals surface area contributed by atoms with E-state index in [1.807, 2.05) is 6.92 Å². The van der Waals surface area contributed by atoms with Crippen LogP contribution in [0.3, 0.4) is 0 Å². The largest absolute Gasteiger partial charge is 0.494 e. The Morgan fingerprint density at radius 3 is 2.69 bits per heavy atom. The van der Waals surface area contributed by atoms with E-state index in [1.54, 1.807) is 54.6 Å². The second-order valence-corrected chi connectivity index (χ2v) is 7.93. The molecule has 1 atom stereocenters. The molecule has 0 saturated carbocycles. The molecule has 0 aliphatic carbocycles. The summed E-state index contributed by atoms with van der Waals surface area (Å²) in [7, 11) is -3.69. The predicted octanol–water partition coefficient (Wildman–Crippen LogP) is 2.88. The summed E-state index contributed by atoms with van der Waals surface area (Å²) in [5, 5.41) is 2.81. The highest BCUT2D eigenvalue weighted by atomic mass is 32.2. The first-order valence-corrected chi connectivity index (χ1v) is 10.1. The quantitative estimate of drug-likeness (QED) is 0.844. The minimum Gasteiger partial charge on any atom is -0.494 e. The summed E-state index contributed by atoms with van der Waals surface area (Å²) in [6.07, 6.45) is 1.16. The molecule has 1 aliphatic rings. The van der Waals surface area contributed by atoms with Crippen LogP contribution in [0.1, 0.15) is 19.8 Å². The number of hydrogen-bond acceptors (Lipinski definition) is 4. The van der Waals surface area contributed by atoms with Crippen LogP contribution in [0.2, 0.25) is 0 Å². The number of anilines is 1. The fourth-order valence-corrected chi connectivity index (χ4v) is 4.75. The van der Waals surface area contributed by atoms with Gasteiger partial charge in [0.15, 0.2) is 0 Å². The maximum absolute atomic E-state index is 12.9. The van der Waals surface area contributed by atoms with E-state index in [9.17, 15) is 13.2 Å². The highest BCUT2D eigenvalue weighted by molar-refractivity contribution is 7.89. The van der Waals surface area contributed by atoms with Crippen molar-refractivity contribution >= 4 is 21.6 Å². The van der Waals surface area contributed by atoms with Crippen LogP contribution in [0.25, 0.3) is 0 Å². The van der Waals surface area contributed by atoms with Gasteiger partial charge in [0.1, 0.15) is 11.8 Å². The van der Waals surface area contributed by atoms with Crippen molar-refractivity contribution in [2.45, 2.75) is 30.7 Å². The molecule has 3 rings (SSSR count). The van der Waals surface area contributed by atoms with E-state index < -0.39 is 16.1 Å². The molecular formula is C19H22N2O4S. The second-order valence-electron chi connectivity index (χ2n) is 6.04. The molecule has 0 bridgehead atoms. The number of carbonyl (C=O) groups is 1. The van der Waals surface area contributed by atoms with Crippen LogP contribution in [0.5, 0.6) is 5.75 Å². The lowest BCUT2D eigenvalue weighted by atomic mass is 10.2. The van der Waals surface area contributed by atoms with Gasteiger partial charge >= 0.3 is 0 Å². The van der Waals surface area contributed by atoms with E-state index in [0.29, 0.717) is 37.4 Å². The average Bonchev–Trinajstić information content (AvgIpc) is 3.14. The molecule has 1 N–H and O–H groups in total. The molecule has 2 aromatic carbocycles. The van der Waals surface area contributed by atoms with Gasteiger partial charge in [-0.3, -0.25) is 4.79 Å². The topological polar surface area (TPSA) is 75.7 Å². The van der Waals surface area contributed by atoms with Crippen LogP contribution in [0.15, 0.2) is 59.5 Å². The fraction of sp³-hybridized carbons (Fsp3) is 0.316. The lowest BCUT2D eigenvalue weighted by Gasteiger charge is -2.23. The van der Waals surface area contributed by atoms with Gasteiger partial charge in [-0.1, -0.05) is 24.3 Å². The molecule has 6 nitrogen and oxygen atoms in total. The van der Waals surface area contributed by atoms with Gasteiger partial charge in [-0.2, -0.15) is 4.31 Å². The number of amides is 1. The van der Waals surface area contributed by atoms with Crippen LogP contribution in [0, 0.1) is 0 Å². The molecule has 0 spiro atoms. The molecule has 1 aliphatic heterocycles. The Balaban J connectivity index is 1.78. The van der Waals surface area contributed by atoms with Crippen molar-refractivity contribution in [2.75, 3.05) is 18.5 Å². The van der Waals surface area contributed by atoms with Gasteiger partial charge in [0.2, 0.25) is 15.9 Å². The molecule has 2 aromatic rings. The molecule has 7 heteroatoms. The predicted molar refractivity (Wildman–Crippen MR) is 99.6 cm³/mol. The van der Waals surface area contributed by atoms with Gasteiger partial charge in [-0.15, -0.1) is 0 Å². The van der Waals surface area contributed by atoms with Crippen LogP contribution in [-0.4, -0.2) is 37.8 Å². The Labute approximate surface area is 153 Å². The minimum absolute atomic E-state index is 0.207. The lowest BCUT2D eigenvalue weighted by Crippen LogP contribution is -2.43. The summed E-state index contributed by atoms with van der Waals surface area (Å²) in [5.41, 5.74) is 0.588.